The van der Waals surface area contributed by atoms with Gasteiger partial charge in [0.05, 0.1) is 12.2 Å². The fraction of sp³-hybridized carbons (Fsp3) is 0.391. The van der Waals surface area contributed by atoms with Gasteiger partial charge in [0.2, 0.25) is 0 Å². The number of aromatic nitrogens is 2. The Kier molecular flexibility index (Phi) is 4.94. The summed E-state index contributed by atoms with van der Waals surface area (Å²) < 4.78 is 7.46. The van der Waals surface area contributed by atoms with Crippen molar-refractivity contribution in [3.8, 4) is 16.9 Å². The molecule has 0 aliphatic carbocycles. The number of piperidine rings is 1. The number of carbonyl (C=O) groups excluding carboxylic acids is 1. The molecular weight excluding hydrogens is 366 g/mol. The molecule has 1 N–H and O–H groups in total. The molecule has 152 valence electrons. The van der Waals surface area contributed by atoms with Crippen molar-refractivity contribution in [2.24, 2.45) is 0 Å². The summed E-state index contributed by atoms with van der Waals surface area (Å²) in [6.07, 6.45) is 5.31. The minimum absolute atomic E-state index is 0.242. The summed E-state index contributed by atoms with van der Waals surface area (Å²) in [6.45, 7) is 6.96. The third-order valence-electron chi connectivity index (χ3n) is 5.25. The number of amides is 1. The van der Waals surface area contributed by atoms with E-state index < -0.39 is 5.60 Å². The van der Waals surface area contributed by atoms with Gasteiger partial charge in [-0.3, -0.25) is 4.68 Å². The molecule has 1 aliphatic heterocycles. The molecule has 0 bridgehead atoms. The normalized spacial score (nSPS) is 15.6. The molecule has 0 radical (unpaired) electrons. The molecule has 1 fully saturated rings. The van der Waals surface area contributed by atoms with Crippen LogP contribution < -0.4 is 0 Å². The number of benzene rings is 2. The fourth-order valence-electron chi connectivity index (χ4n) is 3.85. The highest BCUT2D eigenvalue weighted by Gasteiger charge is 2.28. The van der Waals surface area contributed by atoms with Crippen LogP contribution in [0, 0.1) is 0 Å². The predicted molar refractivity (Wildman–Crippen MR) is 113 cm³/mol. The van der Waals surface area contributed by atoms with E-state index in [1.165, 1.54) is 0 Å². The van der Waals surface area contributed by atoms with Crippen LogP contribution in [-0.4, -0.2) is 44.6 Å². The van der Waals surface area contributed by atoms with Crippen LogP contribution in [0.5, 0.6) is 5.75 Å². The minimum Gasteiger partial charge on any atom is -0.508 e. The first-order valence-electron chi connectivity index (χ1n) is 10.0. The van der Waals surface area contributed by atoms with E-state index in [9.17, 15) is 9.90 Å². The number of likely N-dealkylation sites (tertiary alicyclic amines) is 1. The zero-order valence-electron chi connectivity index (χ0n) is 17.1. The van der Waals surface area contributed by atoms with Crippen molar-refractivity contribution >= 4 is 16.9 Å². The highest BCUT2D eigenvalue weighted by molar-refractivity contribution is 5.97. The molecule has 1 saturated heterocycles. The SMILES string of the molecule is CC(C)(C)OC(=O)N1CCC(n2cc(-c3cc(O)cc4ccccc34)cn2)CC1. The standard InChI is InChI=1S/C23H27N3O3/c1-23(2,3)29-22(28)25-10-8-18(9-11-25)26-15-17(14-24-26)21-13-19(27)12-16-6-4-5-7-20(16)21/h4-7,12-15,18,27H,8-11H2,1-3H3. The summed E-state index contributed by atoms with van der Waals surface area (Å²) >= 11 is 0. The number of phenols is 1. The molecule has 3 aromatic rings. The molecule has 0 atom stereocenters. The first-order valence-corrected chi connectivity index (χ1v) is 10.0. The van der Waals surface area contributed by atoms with Crippen molar-refractivity contribution in [3.05, 3.63) is 48.8 Å². The topological polar surface area (TPSA) is 67.6 Å². The Balaban J connectivity index is 1.49. The average Bonchev–Trinajstić information content (AvgIpc) is 3.16. The number of fused-ring (bicyclic) bond motifs is 1. The molecule has 0 saturated carbocycles. The van der Waals surface area contributed by atoms with Gasteiger partial charge in [0.1, 0.15) is 11.4 Å². The lowest BCUT2D eigenvalue weighted by Crippen LogP contribution is -2.42. The van der Waals surface area contributed by atoms with Crippen molar-refractivity contribution < 1.29 is 14.6 Å². The summed E-state index contributed by atoms with van der Waals surface area (Å²) in [5.74, 6) is 0.247. The number of phenolic OH excluding ortho intramolecular Hbond substituents is 1. The second-order valence-electron chi connectivity index (χ2n) is 8.62. The summed E-state index contributed by atoms with van der Waals surface area (Å²) in [4.78, 5) is 14.0. The Morgan fingerprint density at radius 3 is 2.62 bits per heavy atom. The van der Waals surface area contributed by atoms with E-state index in [2.05, 4.69) is 11.2 Å². The average molecular weight is 393 g/mol. The third kappa shape index (κ3) is 4.21. The van der Waals surface area contributed by atoms with Crippen molar-refractivity contribution in [2.75, 3.05) is 13.1 Å². The molecule has 29 heavy (non-hydrogen) atoms. The first kappa shape index (κ1) is 19.3. The predicted octanol–water partition coefficient (Wildman–Crippen LogP) is 4.98. The highest BCUT2D eigenvalue weighted by Crippen LogP contribution is 2.33. The Morgan fingerprint density at radius 1 is 1.17 bits per heavy atom. The highest BCUT2D eigenvalue weighted by atomic mass is 16.6. The van der Waals surface area contributed by atoms with Crippen LogP contribution in [0.3, 0.4) is 0 Å². The van der Waals surface area contributed by atoms with Gasteiger partial charge in [-0.05, 0) is 62.1 Å². The zero-order chi connectivity index (χ0) is 20.6. The summed E-state index contributed by atoms with van der Waals surface area (Å²) in [6, 6.07) is 11.8. The Morgan fingerprint density at radius 2 is 1.90 bits per heavy atom. The molecule has 4 rings (SSSR count). The number of hydrogen-bond acceptors (Lipinski definition) is 4. The molecule has 6 heteroatoms. The van der Waals surface area contributed by atoms with Gasteiger partial charge in [0.15, 0.2) is 0 Å². The van der Waals surface area contributed by atoms with Gasteiger partial charge in [-0.1, -0.05) is 24.3 Å². The number of ether oxygens (including phenoxy) is 1. The maximum Gasteiger partial charge on any atom is 0.410 e. The van der Waals surface area contributed by atoms with Gasteiger partial charge in [-0.2, -0.15) is 5.10 Å². The molecule has 2 aromatic carbocycles. The van der Waals surface area contributed by atoms with E-state index >= 15 is 0 Å². The number of nitrogens with zero attached hydrogens (tertiary/aromatic N) is 3. The maximum atomic E-state index is 12.3. The number of aromatic hydroxyl groups is 1. The van der Waals surface area contributed by atoms with Gasteiger partial charge < -0.3 is 14.7 Å². The fourth-order valence-corrected chi connectivity index (χ4v) is 3.85. The molecule has 1 aromatic heterocycles. The van der Waals surface area contributed by atoms with Crippen LogP contribution in [0.25, 0.3) is 21.9 Å². The van der Waals surface area contributed by atoms with Crippen molar-refractivity contribution in [1.82, 2.24) is 14.7 Å². The molecular formula is C23H27N3O3. The minimum atomic E-state index is -0.477. The zero-order valence-corrected chi connectivity index (χ0v) is 17.1. The van der Waals surface area contributed by atoms with Crippen LogP contribution in [0.15, 0.2) is 48.8 Å². The molecule has 6 nitrogen and oxygen atoms in total. The van der Waals surface area contributed by atoms with Crippen LogP contribution in [0.4, 0.5) is 4.79 Å². The van der Waals surface area contributed by atoms with Crippen molar-refractivity contribution in [2.45, 2.75) is 45.3 Å². The molecule has 0 unspecified atom stereocenters. The van der Waals surface area contributed by atoms with Gasteiger partial charge >= 0.3 is 6.09 Å². The molecule has 0 spiro atoms. The second kappa shape index (κ2) is 7.43. The number of carbonyl (C=O) groups is 1. The largest absolute Gasteiger partial charge is 0.508 e. The monoisotopic (exact) mass is 393 g/mol. The lowest BCUT2D eigenvalue weighted by molar-refractivity contribution is 0.0185. The van der Waals surface area contributed by atoms with Gasteiger partial charge in [-0.25, -0.2) is 4.79 Å². The van der Waals surface area contributed by atoms with E-state index in [1.54, 1.807) is 17.0 Å². The summed E-state index contributed by atoms with van der Waals surface area (Å²) in [7, 11) is 0. The molecule has 1 aliphatic rings. The maximum absolute atomic E-state index is 12.3. The first-order chi connectivity index (χ1) is 13.8. The Labute approximate surface area is 170 Å². The lowest BCUT2D eigenvalue weighted by Gasteiger charge is -2.33. The van der Waals surface area contributed by atoms with E-state index in [-0.39, 0.29) is 17.9 Å². The van der Waals surface area contributed by atoms with E-state index in [0.29, 0.717) is 13.1 Å². The van der Waals surface area contributed by atoms with Gasteiger partial charge in [0.25, 0.3) is 0 Å². The smallest absolute Gasteiger partial charge is 0.410 e. The molecule has 2 heterocycles. The lowest BCUT2D eigenvalue weighted by atomic mass is 10.00. The third-order valence-corrected chi connectivity index (χ3v) is 5.25. The van der Waals surface area contributed by atoms with Crippen molar-refractivity contribution in [1.29, 1.82) is 0 Å². The number of hydrogen-bond donors (Lipinski definition) is 1. The van der Waals surface area contributed by atoms with Crippen LogP contribution in [0.1, 0.15) is 39.7 Å². The molecule has 1 amide bonds. The van der Waals surface area contributed by atoms with E-state index in [0.717, 1.165) is 34.7 Å². The van der Waals surface area contributed by atoms with Crippen LogP contribution in [0.2, 0.25) is 0 Å². The van der Waals surface area contributed by atoms with E-state index in [4.69, 9.17) is 4.74 Å². The van der Waals surface area contributed by atoms with E-state index in [1.807, 2.05) is 56.0 Å². The second-order valence-corrected chi connectivity index (χ2v) is 8.62. The van der Waals surface area contributed by atoms with Gasteiger partial charge in [-0.15, -0.1) is 0 Å². The summed E-state index contributed by atoms with van der Waals surface area (Å²) in [5, 5.41) is 16.8. The van der Waals surface area contributed by atoms with Crippen molar-refractivity contribution in [3.63, 3.8) is 0 Å². The Hall–Kier alpha value is -3.02. The Bertz CT molecular complexity index is 1030. The van der Waals surface area contributed by atoms with Gasteiger partial charge in [0, 0.05) is 24.8 Å². The summed E-state index contributed by atoms with van der Waals surface area (Å²) in [5.41, 5.74) is 1.47. The number of rotatable bonds is 2. The van der Waals surface area contributed by atoms with Crippen LogP contribution in [-0.2, 0) is 4.74 Å². The quantitative estimate of drug-likeness (QED) is 0.667. The van der Waals surface area contributed by atoms with Crippen LogP contribution >= 0.6 is 0 Å².